The first kappa shape index (κ1) is 14.8. The first-order valence-corrected chi connectivity index (χ1v) is 8.31. The molecular weight excluding hydrogens is 294 g/mol. The SMILES string of the molecule is CC(C)(C)c1cccc2c1Oc1ccccc1N2c1ccccc1. The number of anilines is 3. The Balaban J connectivity index is 1.99. The zero-order chi connectivity index (χ0) is 16.7. The largest absolute Gasteiger partial charge is 0.453 e. The highest BCUT2D eigenvalue weighted by Crippen LogP contribution is 2.52. The molecule has 1 aliphatic heterocycles. The fourth-order valence-electron chi connectivity index (χ4n) is 3.22. The summed E-state index contributed by atoms with van der Waals surface area (Å²) in [4.78, 5) is 2.28. The zero-order valence-electron chi connectivity index (χ0n) is 14.3. The van der Waals surface area contributed by atoms with Crippen LogP contribution in [0.5, 0.6) is 11.5 Å². The van der Waals surface area contributed by atoms with Crippen LogP contribution < -0.4 is 9.64 Å². The van der Waals surface area contributed by atoms with E-state index in [-0.39, 0.29) is 5.41 Å². The van der Waals surface area contributed by atoms with Crippen molar-refractivity contribution in [1.29, 1.82) is 0 Å². The Kier molecular flexibility index (Phi) is 3.34. The average Bonchev–Trinajstić information content (AvgIpc) is 2.59. The fourth-order valence-corrected chi connectivity index (χ4v) is 3.22. The van der Waals surface area contributed by atoms with Gasteiger partial charge in [0, 0.05) is 11.3 Å². The molecule has 2 nitrogen and oxygen atoms in total. The van der Waals surface area contributed by atoms with Crippen molar-refractivity contribution in [3.8, 4) is 11.5 Å². The third kappa shape index (κ3) is 2.35. The van der Waals surface area contributed by atoms with Crippen LogP contribution in [-0.4, -0.2) is 0 Å². The molecular formula is C22H21NO. The molecule has 2 heteroatoms. The van der Waals surface area contributed by atoms with Crippen LogP contribution in [0, 0.1) is 0 Å². The lowest BCUT2D eigenvalue weighted by molar-refractivity contribution is 0.450. The van der Waals surface area contributed by atoms with Gasteiger partial charge < -0.3 is 9.64 Å². The summed E-state index contributed by atoms with van der Waals surface area (Å²) < 4.78 is 6.35. The van der Waals surface area contributed by atoms with Crippen LogP contribution in [0.4, 0.5) is 17.1 Å². The highest BCUT2D eigenvalue weighted by molar-refractivity contribution is 5.87. The van der Waals surface area contributed by atoms with E-state index in [0.717, 1.165) is 28.6 Å². The Morgan fingerprint density at radius 1 is 0.708 bits per heavy atom. The van der Waals surface area contributed by atoms with E-state index in [1.807, 2.05) is 18.2 Å². The van der Waals surface area contributed by atoms with Crippen molar-refractivity contribution >= 4 is 17.1 Å². The van der Waals surface area contributed by atoms with Gasteiger partial charge in [-0.25, -0.2) is 0 Å². The number of hydrogen-bond acceptors (Lipinski definition) is 2. The average molecular weight is 315 g/mol. The van der Waals surface area contributed by atoms with Crippen LogP contribution >= 0.6 is 0 Å². The van der Waals surface area contributed by atoms with E-state index in [1.54, 1.807) is 0 Å². The Labute approximate surface area is 143 Å². The Bertz CT molecular complexity index is 878. The van der Waals surface area contributed by atoms with Gasteiger partial charge in [-0.2, -0.15) is 0 Å². The molecule has 4 rings (SSSR count). The predicted octanol–water partition coefficient (Wildman–Crippen LogP) is 6.56. The number of nitrogens with zero attached hydrogens (tertiary/aromatic N) is 1. The van der Waals surface area contributed by atoms with Crippen molar-refractivity contribution in [1.82, 2.24) is 0 Å². The Morgan fingerprint density at radius 3 is 2.12 bits per heavy atom. The second kappa shape index (κ2) is 5.41. The number of para-hydroxylation sites is 4. The molecule has 0 unspecified atom stereocenters. The lowest BCUT2D eigenvalue weighted by atomic mass is 9.85. The summed E-state index contributed by atoms with van der Waals surface area (Å²) in [5.74, 6) is 1.85. The molecule has 3 aromatic rings. The number of hydrogen-bond donors (Lipinski definition) is 0. The molecule has 1 aliphatic rings. The van der Waals surface area contributed by atoms with E-state index >= 15 is 0 Å². The lowest BCUT2D eigenvalue weighted by Gasteiger charge is -2.35. The van der Waals surface area contributed by atoms with Gasteiger partial charge in [0.1, 0.15) is 0 Å². The summed E-state index contributed by atoms with van der Waals surface area (Å²) in [5.41, 5.74) is 4.53. The maximum absolute atomic E-state index is 6.35. The van der Waals surface area contributed by atoms with Gasteiger partial charge in [0.25, 0.3) is 0 Å². The van der Waals surface area contributed by atoms with Crippen LogP contribution in [-0.2, 0) is 5.41 Å². The Hall–Kier alpha value is -2.74. The monoisotopic (exact) mass is 315 g/mol. The molecule has 0 fully saturated rings. The van der Waals surface area contributed by atoms with Gasteiger partial charge in [-0.3, -0.25) is 0 Å². The van der Waals surface area contributed by atoms with Crippen molar-refractivity contribution in [3.05, 3.63) is 78.4 Å². The van der Waals surface area contributed by atoms with Crippen molar-refractivity contribution in [2.75, 3.05) is 4.90 Å². The molecule has 0 aromatic heterocycles. The quantitative estimate of drug-likeness (QED) is 0.394. The van der Waals surface area contributed by atoms with E-state index in [2.05, 4.69) is 80.3 Å². The standard InChI is InChI=1S/C22H21NO/c1-22(2,3)17-12-9-14-19-21(17)24-20-15-8-7-13-18(20)23(19)16-10-5-4-6-11-16/h4-15H,1-3H3. The second-order valence-electron chi connectivity index (χ2n) is 7.14. The van der Waals surface area contributed by atoms with Gasteiger partial charge in [0.05, 0.1) is 11.4 Å². The molecule has 3 aromatic carbocycles. The van der Waals surface area contributed by atoms with Crippen molar-refractivity contribution < 1.29 is 4.74 Å². The number of rotatable bonds is 1. The molecule has 0 saturated carbocycles. The summed E-state index contributed by atoms with van der Waals surface area (Å²) >= 11 is 0. The van der Waals surface area contributed by atoms with E-state index in [9.17, 15) is 0 Å². The summed E-state index contributed by atoms with van der Waals surface area (Å²) in [5, 5.41) is 0. The van der Waals surface area contributed by atoms with Crippen molar-refractivity contribution in [2.45, 2.75) is 26.2 Å². The maximum atomic E-state index is 6.35. The molecule has 0 spiro atoms. The lowest BCUT2D eigenvalue weighted by Crippen LogP contribution is -2.20. The van der Waals surface area contributed by atoms with Crippen LogP contribution in [0.1, 0.15) is 26.3 Å². The van der Waals surface area contributed by atoms with Crippen LogP contribution in [0.2, 0.25) is 0 Å². The highest BCUT2D eigenvalue weighted by Gasteiger charge is 2.30. The number of ether oxygens (including phenoxy) is 1. The van der Waals surface area contributed by atoms with Crippen LogP contribution in [0.15, 0.2) is 72.8 Å². The first-order chi connectivity index (χ1) is 11.6. The van der Waals surface area contributed by atoms with Gasteiger partial charge in [-0.05, 0) is 35.7 Å². The van der Waals surface area contributed by atoms with Gasteiger partial charge in [-0.1, -0.05) is 63.2 Å². The van der Waals surface area contributed by atoms with E-state index in [0.29, 0.717) is 0 Å². The summed E-state index contributed by atoms with van der Waals surface area (Å²) in [6.45, 7) is 6.66. The third-order valence-corrected chi connectivity index (χ3v) is 4.38. The molecule has 24 heavy (non-hydrogen) atoms. The van der Waals surface area contributed by atoms with Crippen LogP contribution in [0.3, 0.4) is 0 Å². The smallest absolute Gasteiger partial charge is 0.155 e. The number of benzene rings is 3. The van der Waals surface area contributed by atoms with Gasteiger partial charge in [0.2, 0.25) is 0 Å². The molecule has 0 aliphatic carbocycles. The predicted molar refractivity (Wildman–Crippen MR) is 99.9 cm³/mol. The minimum absolute atomic E-state index is 0.0139. The summed E-state index contributed by atoms with van der Waals surface area (Å²) in [6, 6.07) is 25.1. The first-order valence-electron chi connectivity index (χ1n) is 8.31. The minimum Gasteiger partial charge on any atom is -0.453 e. The third-order valence-electron chi connectivity index (χ3n) is 4.38. The Morgan fingerprint density at radius 2 is 1.38 bits per heavy atom. The molecule has 0 bridgehead atoms. The van der Waals surface area contributed by atoms with E-state index in [4.69, 9.17) is 4.74 Å². The molecule has 0 radical (unpaired) electrons. The summed E-state index contributed by atoms with van der Waals surface area (Å²) in [6.07, 6.45) is 0. The number of fused-ring (bicyclic) bond motifs is 2. The highest BCUT2D eigenvalue weighted by atomic mass is 16.5. The van der Waals surface area contributed by atoms with Crippen LogP contribution in [0.25, 0.3) is 0 Å². The van der Waals surface area contributed by atoms with Crippen molar-refractivity contribution in [2.24, 2.45) is 0 Å². The van der Waals surface area contributed by atoms with E-state index < -0.39 is 0 Å². The fraction of sp³-hybridized carbons (Fsp3) is 0.182. The van der Waals surface area contributed by atoms with Gasteiger partial charge >= 0.3 is 0 Å². The second-order valence-corrected chi connectivity index (χ2v) is 7.14. The molecule has 0 atom stereocenters. The minimum atomic E-state index is 0.0139. The molecule has 120 valence electrons. The molecule has 1 heterocycles. The summed E-state index contributed by atoms with van der Waals surface area (Å²) in [7, 11) is 0. The topological polar surface area (TPSA) is 12.5 Å². The molecule has 0 saturated heterocycles. The molecule has 0 N–H and O–H groups in total. The van der Waals surface area contributed by atoms with E-state index in [1.165, 1.54) is 5.56 Å². The van der Waals surface area contributed by atoms with Gasteiger partial charge in [-0.15, -0.1) is 0 Å². The zero-order valence-corrected chi connectivity index (χ0v) is 14.3. The molecule has 0 amide bonds. The maximum Gasteiger partial charge on any atom is 0.155 e. The van der Waals surface area contributed by atoms with Gasteiger partial charge in [0.15, 0.2) is 11.5 Å². The van der Waals surface area contributed by atoms with Crippen molar-refractivity contribution in [3.63, 3.8) is 0 Å². The normalized spacial score (nSPS) is 13.0.